The lowest BCUT2D eigenvalue weighted by molar-refractivity contribution is -0.134. The van der Waals surface area contributed by atoms with Crippen molar-refractivity contribution in [1.29, 1.82) is 0 Å². The number of hydrogen-bond donors (Lipinski definition) is 3. The Morgan fingerprint density at radius 1 is 1.24 bits per heavy atom. The lowest BCUT2D eigenvalue weighted by Gasteiger charge is -2.44. The molecule has 25 heavy (non-hydrogen) atoms. The van der Waals surface area contributed by atoms with Gasteiger partial charge in [-0.15, -0.1) is 0 Å². The van der Waals surface area contributed by atoms with Gasteiger partial charge in [0.05, 0.1) is 12.1 Å². The first-order chi connectivity index (χ1) is 11.7. The molecule has 0 aromatic heterocycles. The fourth-order valence-electron chi connectivity index (χ4n) is 4.03. The zero-order chi connectivity index (χ0) is 18.7. The zero-order valence-corrected chi connectivity index (χ0v) is 15.5. The Bertz CT molecular complexity index is 525. The standard InChI is InChI=1S/C17H30N4O4/c1-10(2)20(4)12-5-6-15(14(9-12)18-11(3)22)21-8-7-13(16(21)23)19-17(24)25/h10,12-15,19H,5-9H2,1-4H3,(H,18,22)(H,24,25)/t12-,13+,14-,15+/m1/s1. The highest BCUT2D eigenvalue weighted by Crippen LogP contribution is 2.30. The van der Waals surface area contributed by atoms with Gasteiger partial charge in [-0.3, -0.25) is 9.59 Å². The quantitative estimate of drug-likeness (QED) is 0.672. The summed E-state index contributed by atoms with van der Waals surface area (Å²) in [5, 5.41) is 14.2. The normalized spacial score (nSPS) is 30.0. The molecule has 1 aliphatic heterocycles. The van der Waals surface area contributed by atoms with Crippen molar-refractivity contribution in [3.8, 4) is 0 Å². The highest BCUT2D eigenvalue weighted by atomic mass is 16.4. The number of carboxylic acid groups (broad SMARTS) is 1. The van der Waals surface area contributed by atoms with E-state index in [-0.39, 0.29) is 23.9 Å². The van der Waals surface area contributed by atoms with Crippen LogP contribution in [0.15, 0.2) is 0 Å². The molecule has 1 heterocycles. The van der Waals surface area contributed by atoms with Crippen LogP contribution in [-0.4, -0.2) is 76.6 Å². The van der Waals surface area contributed by atoms with Crippen molar-refractivity contribution in [1.82, 2.24) is 20.4 Å². The summed E-state index contributed by atoms with van der Waals surface area (Å²) in [6, 6.07) is -0.0823. The minimum atomic E-state index is -1.18. The van der Waals surface area contributed by atoms with E-state index in [2.05, 4.69) is 36.4 Å². The van der Waals surface area contributed by atoms with Gasteiger partial charge in [0.2, 0.25) is 11.8 Å². The van der Waals surface area contributed by atoms with Crippen molar-refractivity contribution in [3.05, 3.63) is 0 Å². The average Bonchev–Trinajstić information content (AvgIpc) is 2.86. The van der Waals surface area contributed by atoms with E-state index in [1.807, 2.05) is 0 Å². The van der Waals surface area contributed by atoms with Gasteiger partial charge >= 0.3 is 6.09 Å². The summed E-state index contributed by atoms with van der Waals surface area (Å²) in [7, 11) is 2.09. The first kappa shape index (κ1) is 19.5. The first-order valence-corrected chi connectivity index (χ1v) is 8.99. The molecule has 3 N–H and O–H groups in total. The van der Waals surface area contributed by atoms with Crippen LogP contribution in [0, 0.1) is 0 Å². The number of rotatable bonds is 5. The predicted molar refractivity (Wildman–Crippen MR) is 93.2 cm³/mol. The molecule has 2 fully saturated rings. The summed E-state index contributed by atoms with van der Waals surface area (Å²) in [6.07, 6.45) is 1.85. The summed E-state index contributed by atoms with van der Waals surface area (Å²) in [6.45, 7) is 6.31. The molecular formula is C17H30N4O4. The number of nitrogens with zero attached hydrogens (tertiary/aromatic N) is 2. The maximum absolute atomic E-state index is 12.6. The highest BCUT2D eigenvalue weighted by molar-refractivity contribution is 5.87. The van der Waals surface area contributed by atoms with E-state index in [1.165, 1.54) is 6.92 Å². The van der Waals surface area contributed by atoms with Gasteiger partial charge in [-0.05, 0) is 46.6 Å². The second-order valence-electron chi connectivity index (χ2n) is 7.42. The molecule has 0 spiro atoms. The van der Waals surface area contributed by atoms with Crippen LogP contribution in [0.5, 0.6) is 0 Å². The molecule has 3 amide bonds. The van der Waals surface area contributed by atoms with E-state index in [0.717, 1.165) is 19.3 Å². The van der Waals surface area contributed by atoms with Crippen LogP contribution in [0.3, 0.4) is 0 Å². The molecule has 2 aliphatic rings. The average molecular weight is 354 g/mol. The van der Waals surface area contributed by atoms with Gasteiger partial charge in [-0.1, -0.05) is 0 Å². The molecule has 142 valence electrons. The third-order valence-corrected chi connectivity index (χ3v) is 5.50. The van der Waals surface area contributed by atoms with Crippen LogP contribution in [0.2, 0.25) is 0 Å². The summed E-state index contributed by atoms with van der Waals surface area (Å²) in [4.78, 5) is 39.1. The fraction of sp³-hybridized carbons (Fsp3) is 0.824. The van der Waals surface area contributed by atoms with Crippen molar-refractivity contribution in [2.75, 3.05) is 13.6 Å². The SMILES string of the molecule is CC(=O)N[C@@H]1C[C@H](N(C)C(C)C)CC[C@@H]1N1CC[C@H](NC(=O)O)C1=O. The predicted octanol–water partition coefficient (Wildman–Crippen LogP) is 0.621. The Morgan fingerprint density at radius 3 is 2.48 bits per heavy atom. The summed E-state index contributed by atoms with van der Waals surface area (Å²) in [5.41, 5.74) is 0. The van der Waals surface area contributed by atoms with Crippen LogP contribution < -0.4 is 10.6 Å². The van der Waals surface area contributed by atoms with E-state index in [4.69, 9.17) is 5.11 Å². The van der Waals surface area contributed by atoms with E-state index < -0.39 is 12.1 Å². The van der Waals surface area contributed by atoms with Crippen molar-refractivity contribution in [2.45, 2.75) is 76.7 Å². The minimum absolute atomic E-state index is 0.0752. The molecule has 1 saturated carbocycles. The monoisotopic (exact) mass is 354 g/mol. The third-order valence-electron chi connectivity index (χ3n) is 5.50. The molecule has 2 rings (SSSR count). The number of nitrogens with one attached hydrogen (secondary N) is 2. The number of carbonyl (C=O) groups is 3. The maximum atomic E-state index is 12.6. The number of hydrogen-bond acceptors (Lipinski definition) is 4. The Morgan fingerprint density at radius 2 is 1.92 bits per heavy atom. The van der Waals surface area contributed by atoms with Gasteiger partial charge < -0.3 is 25.5 Å². The Kier molecular flexibility index (Phi) is 6.26. The largest absolute Gasteiger partial charge is 0.465 e. The van der Waals surface area contributed by atoms with Gasteiger partial charge in [0, 0.05) is 25.6 Å². The molecule has 0 bridgehead atoms. The van der Waals surface area contributed by atoms with Gasteiger partial charge in [-0.2, -0.15) is 0 Å². The molecule has 0 aromatic carbocycles. The maximum Gasteiger partial charge on any atom is 0.405 e. The summed E-state index contributed by atoms with van der Waals surface area (Å²) >= 11 is 0. The lowest BCUT2D eigenvalue weighted by Crippen LogP contribution is -2.58. The third kappa shape index (κ3) is 4.62. The smallest absolute Gasteiger partial charge is 0.405 e. The molecule has 0 radical (unpaired) electrons. The van der Waals surface area contributed by atoms with Crippen LogP contribution >= 0.6 is 0 Å². The molecule has 4 atom stereocenters. The number of carbonyl (C=O) groups excluding carboxylic acids is 2. The summed E-state index contributed by atoms with van der Waals surface area (Å²) < 4.78 is 0. The molecule has 0 aromatic rings. The van der Waals surface area contributed by atoms with Crippen LogP contribution in [0.25, 0.3) is 0 Å². The zero-order valence-electron chi connectivity index (χ0n) is 15.5. The molecule has 8 nitrogen and oxygen atoms in total. The Balaban J connectivity index is 2.09. The van der Waals surface area contributed by atoms with Crippen LogP contribution in [-0.2, 0) is 9.59 Å². The molecular weight excluding hydrogens is 324 g/mol. The Labute approximate surface area is 148 Å². The van der Waals surface area contributed by atoms with E-state index >= 15 is 0 Å². The second-order valence-corrected chi connectivity index (χ2v) is 7.42. The van der Waals surface area contributed by atoms with Gasteiger partial charge in [-0.25, -0.2) is 4.79 Å². The second kappa shape index (κ2) is 8.03. The number of amides is 3. The van der Waals surface area contributed by atoms with Crippen molar-refractivity contribution in [3.63, 3.8) is 0 Å². The minimum Gasteiger partial charge on any atom is -0.465 e. The molecule has 1 saturated heterocycles. The molecule has 8 heteroatoms. The highest BCUT2D eigenvalue weighted by Gasteiger charge is 2.43. The van der Waals surface area contributed by atoms with Crippen LogP contribution in [0.4, 0.5) is 4.79 Å². The van der Waals surface area contributed by atoms with Gasteiger partial charge in [0.1, 0.15) is 6.04 Å². The lowest BCUT2D eigenvalue weighted by atomic mass is 9.84. The van der Waals surface area contributed by atoms with E-state index in [0.29, 0.717) is 25.0 Å². The molecule has 0 unspecified atom stereocenters. The first-order valence-electron chi connectivity index (χ1n) is 8.99. The fourth-order valence-corrected chi connectivity index (χ4v) is 4.03. The Hall–Kier alpha value is -1.83. The van der Waals surface area contributed by atoms with Crippen molar-refractivity contribution in [2.24, 2.45) is 0 Å². The van der Waals surface area contributed by atoms with Crippen molar-refractivity contribution >= 4 is 17.9 Å². The van der Waals surface area contributed by atoms with E-state index in [9.17, 15) is 14.4 Å². The number of likely N-dealkylation sites (tertiary alicyclic amines) is 1. The summed E-state index contributed by atoms with van der Waals surface area (Å²) in [5.74, 6) is -0.284. The van der Waals surface area contributed by atoms with Crippen molar-refractivity contribution < 1.29 is 19.5 Å². The topological polar surface area (TPSA) is 102 Å². The van der Waals surface area contributed by atoms with Crippen LogP contribution in [0.1, 0.15) is 46.5 Å². The van der Waals surface area contributed by atoms with Gasteiger partial charge in [0.25, 0.3) is 0 Å². The van der Waals surface area contributed by atoms with Gasteiger partial charge in [0.15, 0.2) is 0 Å². The molecule has 1 aliphatic carbocycles. The van der Waals surface area contributed by atoms with E-state index in [1.54, 1.807) is 4.90 Å².